The zero-order chi connectivity index (χ0) is 31.6. The van der Waals surface area contributed by atoms with Gasteiger partial charge in [0.05, 0.1) is 33.9 Å². The molecule has 3 aromatic rings. The Balaban J connectivity index is 1.30. The van der Waals surface area contributed by atoms with Gasteiger partial charge in [0.2, 0.25) is 5.91 Å². The van der Waals surface area contributed by atoms with Crippen molar-refractivity contribution in [1.29, 1.82) is 0 Å². The lowest BCUT2D eigenvalue weighted by Crippen LogP contribution is -2.47. The Kier molecular flexibility index (Phi) is 11.4. The van der Waals surface area contributed by atoms with Crippen LogP contribution in [0.4, 0.5) is 0 Å². The number of hydrogen-bond donors (Lipinski definition) is 1. The molecule has 0 bridgehead atoms. The van der Waals surface area contributed by atoms with Gasteiger partial charge in [0, 0.05) is 51.4 Å². The smallest absolute Gasteiger partial charge is 0.228 e. The van der Waals surface area contributed by atoms with Crippen LogP contribution in [0, 0.1) is 5.92 Å². The molecule has 0 radical (unpaired) electrons. The maximum Gasteiger partial charge on any atom is 0.228 e. The summed E-state index contributed by atoms with van der Waals surface area (Å²) in [4.78, 5) is 16.4. The minimum absolute atomic E-state index is 0.0884. The number of ether oxygens (including phenoxy) is 6. The average Bonchev–Trinajstić information content (AvgIpc) is 3.93. The predicted molar refractivity (Wildman–Crippen MR) is 173 cm³/mol. The summed E-state index contributed by atoms with van der Waals surface area (Å²) < 4.78 is 33.7. The van der Waals surface area contributed by atoms with Crippen LogP contribution >= 0.6 is 0 Å². The van der Waals surface area contributed by atoms with E-state index in [2.05, 4.69) is 22.3 Å². The summed E-state index contributed by atoms with van der Waals surface area (Å²) in [7, 11) is 6.61. The fraction of sp³-hybridized carbons (Fsp3) is 0.472. The number of rotatable bonds is 16. The van der Waals surface area contributed by atoms with Crippen molar-refractivity contribution in [3.8, 4) is 28.7 Å². The van der Waals surface area contributed by atoms with E-state index >= 15 is 0 Å². The molecular weight excluding hydrogens is 572 g/mol. The molecule has 1 saturated carbocycles. The van der Waals surface area contributed by atoms with Gasteiger partial charge in [-0.05, 0) is 84.8 Å². The fourth-order valence-electron chi connectivity index (χ4n) is 5.97. The second kappa shape index (κ2) is 15.9. The lowest BCUT2D eigenvalue weighted by molar-refractivity contribution is -0.138. The molecule has 0 spiro atoms. The first-order chi connectivity index (χ1) is 22.0. The number of nitrogens with zero attached hydrogens (tertiary/aromatic N) is 1. The van der Waals surface area contributed by atoms with Crippen LogP contribution in [0.1, 0.15) is 48.3 Å². The second-order valence-corrected chi connectivity index (χ2v) is 11.7. The lowest BCUT2D eigenvalue weighted by Gasteiger charge is -2.36. The number of nitrogens with one attached hydrogen (secondary N) is 1. The van der Waals surface area contributed by atoms with Gasteiger partial charge in [-0.15, -0.1) is 0 Å². The third-order valence-electron chi connectivity index (χ3n) is 8.46. The molecule has 1 aliphatic carbocycles. The van der Waals surface area contributed by atoms with E-state index in [1.165, 1.54) is 0 Å². The zero-order valence-electron chi connectivity index (χ0n) is 26.9. The topological polar surface area (TPSA) is 87.7 Å². The highest BCUT2D eigenvalue weighted by Gasteiger charge is 2.40. The van der Waals surface area contributed by atoms with Gasteiger partial charge in [-0.2, -0.15) is 0 Å². The van der Waals surface area contributed by atoms with Gasteiger partial charge in [0.15, 0.2) is 0 Å². The predicted octanol–water partition coefficient (Wildman–Crippen LogP) is 5.59. The first-order valence-electron chi connectivity index (χ1n) is 15.8. The number of methoxy groups -OCH3 is 4. The first-order valence-corrected chi connectivity index (χ1v) is 15.8. The van der Waals surface area contributed by atoms with Gasteiger partial charge in [0.25, 0.3) is 0 Å². The number of carbonyl (C=O) groups excluding carboxylic acids is 1. The van der Waals surface area contributed by atoms with Crippen LogP contribution in [0.5, 0.6) is 28.7 Å². The van der Waals surface area contributed by atoms with Gasteiger partial charge in [-0.1, -0.05) is 12.1 Å². The number of piperidine rings is 1. The molecule has 1 heterocycles. The van der Waals surface area contributed by atoms with Crippen LogP contribution in [-0.2, 0) is 22.7 Å². The molecule has 2 aliphatic rings. The summed E-state index contributed by atoms with van der Waals surface area (Å²) in [6, 6.07) is 20.1. The molecule has 242 valence electrons. The molecule has 1 aliphatic heterocycles. The van der Waals surface area contributed by atoms with E-state index in [0.29, 0.717) is 32.9 Å². The Labute approximate surface area is 266 Å². The Morgan fingerprint density at radius 3 is 2.16 bits per heavy atom. The van der Waals surface area contributed by atoms with Crippen molar-refractivity contribution in [2.24, 2.45) is 5.92 Å². The lowest BCUT2D eigenvalue weighted by atomic mass is 9.80. The van der Waals surface area contributed by atoms with Crippen molar-refractivity contribution in [1.82, 2.24) is 10.2 Å². The minimum Gasteiger partial charge on any atom is -0.497 e. The highest BCUT2D eigenvalue weighted by molar-refractivity contribution is 5.81. The van der Waals surface area contributed by atoms with E-state index < -0.39 is 0 Å². The second-order valence-electron chi connectivity index (χ2n) is 11.7. The van der Waals surface area contributed by atoms with Crippen LogP contribution in [0.25, 0.3) is 0 Å². The number of benzene rings is 3. The van der Waals surface area contributed by atoms with E-state index in [4.69, 9.17) is 28.4 Å². The molecule has 9 nitrogen and oxygen atoms in total. The van der Waals surface area contributed by atoms with Crippen molar-refractivity contribution < 1.29 is 33.2 Å². The number of carbonyl (C=O) groups is 1. The largest absolute Gasteiger partial charge is 0.497 e. The highest BCUT2D eigenvalue weighted by Crippen LogP contribution is 2.38. The van der Waals surface area contributed by atoms with Crippen molar-refractivity contribution in [3.63, 3.8) is 0 Å². The molecule has 1 N–H and O–H groups in total. The number of hydrogen-bond acceptors (Lipinski definition) is 8. The molecule has 5 rings (SSSR count). The summed E-state index contributed by atoms with van der Waals surface area (Å²) in [5, 5.41) is 3.48. The number of amides is 1. The SMILES string of the molecule is COCCCOc1cc(CN(C(=O)[C@H]2CNCC[C@@H]2c2cccc(OCc3cc(OC)cc(OC)c3)c2)C2CC2)cc(OC)c1. The Hall–Kier alpha value is -3.95. The summed E-state index contributed by atoms with van der Waals surface area (Å²) in [5.74, 6) is 3.78. The van der Waals surface area contributed by atoms with E-state index in [1.807, 2.05) is 48.5 Å². The van der Waals surface area contributed by atoms with Crippen LogP contribution in [0.15, 0.2) is 60.7 Å². The molecule has 2 fully saturated rings. The monoisotopic (exact) mass is 618 g/mol. The Morgan fingerprint density at radius 1 is 0.778 bits per heavy atom. The highest BCUT2D eigenvalue weighted by atomic mass is 16.5. The van der Waals surface area contributed by atoms with Gasteiger partial charge >= 0.3 is 0 Å². The molecular formula is C36H46N2O7. The molecule has 2 atom stereocenters. The normalized spacial score (nSPS) is 17.8. The van der Waals surface area contributed by atoms with Crippen molar-refractivity contribution in [2.45, 2.75) is 50.8 Å². The Morgan fingerprint density at radius 2 is 1.47 bits per heavy atom. The van der Waals surface area contributed by atoms with Crippen LogP contribution < -0.4 is 29.0 Å². The summed E-state index contributed by atoms with van der Waals surface area (Å²) in [6.45, 7) is 3.60. The van der Waals surface area contributed by atoms with Crippen LogP contribution in [0.3, 0.4) is 0 Å². The minimum atomic E-state index is -0.174. The van der Waals surface area contributed by atoms with E-state index in [-0.39, 0.29) is 23.8 Å². The van der Waals surface area contributed by atoms with Gasteiger partial charge in [-0.3, -0.25) is 4.79 Å². The third kappa shape index (κ3) is 8.83. The average molecular weight is 619 g/mol. The van der Waals surface area contributed by atoms with Crippen molar-refractivity contribution in [2.75, 3.05) is 54.7 Å². The third-order valence-corrected chi connectivity index (χ3v) is 8.46. The molecule has 0 unspecified atom stereocenters. The molecule has 1 saturated heterocycles. The molecule has 0 aromatic heterocycles. The first kappa shape index (κ1) is 32.4. The van der Waals surface area contributed by atoms with Crippen LogP contribution in [0.2, 0.25) is 0 Å². The standard InChI is InChI=1S/C36H46N2O7/c1-40-13-6-14-44-33-16-25(15-30(21-33)41-2)23-38(28-9-10-28)36(39)35-22-37-12-11-34(35)27-7-5-8-29(19-27)45-24-26-17-31(42-3)20-32(18-26)43-4/h5,7-8,15-21,28,34-35,37H,6,9-14,22-24H2,1-4H3/t34-,35+/m1/s1. The summed E-state index contributed by atoms with van der Waals surface area (Å²) >= 11 is 0. The van der Waals surface area contributed by atoms with Crippen molar-refractivity contribution >= 4 is 5.91 Å². The fourth-order valence-corrected chi connectivity index (χ4v) is 5.97. The maximum absolute atomic E-state index is 14.3. The van der Waals surface area contributed by atoms with E-state index in [0.717, 1.165) is 77.7 Å². The zero-order valence-corrected chi connectivity index (χ0v) is 26.9. The maximum atomic E-state index is 14.3. The Bertz CT molecular complexity index is 1390. The van der Waals surface area contributed by atoms with Crippen LogP contribution in [-0.4, -0.2) is 71.6 Å². The molecule has 9 heteroatoms. The van der Waals surface area contributed by atoms with Gasteiger partial charge in [0.1, 0.15) is 35.4 Å². The quantitative estimate of drug-likeness (QED) is 0.208. The summed E-state index contributed by atoms with van der Waals surface area (Å²) in [6.07, 6.45) is 3.73. The van der Waals surface area contributed by atoms with E-state index in [1.54, 1.807) is 28.4 Å². The van der Waals surface area contributed by atoms with Gasteiger partial charge < -0.3 is 38.6 Å². The summed E-state index contributed by atoms with van der Waals surface area (Å²) in [5.41, 5.74) is 3.08. The van der Waals surface area contributed by atoms with E-state index in [9.17, 15) is 4.79 Å². The molecule has 45 heavy (non-hydrogen) atoms. The van der Waals surface area contributed by atoms with Gasteiger partial charge in [-0.25, -0.2) is 0 Å². The molecule has 3 aromatic carbocycles. The van der Waals surface area contributed by atoms with Crippen molar-refractivity contribution in [3.05, 3.63) is 77.4 Å². The molecule has 1 amide bonds.